The van der Waals surface area contributed by atoms with Crippen molar-refractivity contribution >= 4 is 35.2 Å². The maximum absolute atomic E-state index is 13.1. The number of aliphatic hydroxyl groups is 1. The van der Waals surface area contributed by atoms with E-state index in [-0.39, 0.29) is 42.9 Å². The van der Waals surface area contributed by atoms with E-state index in [9.17, 15) is 27.9 Å². The van der Waals surface area contributed by atoms with Crippen LogP contribution in [0.5, 0.6) is 0 Å². The smallest absolute Gasteiger partial charge is 0.382 e. The molecule has 1 aliphatic rings. The minimum absolute atomic E-state index is 0.0724. The Morgan fingerprint density at radius 2 is 1.95 bits per heavy atom. The molecule has 212 valence electrons. The number of urea groups is 1. The lowest BCUT2D eigenvalue weighted by molar-refractivity contribution is -0.204. The first-order valence-corrected chi connectivity index (χ1v) is 12.1. The van der Waals surface area contributed by atoms with Crippen molar-refractivity contribution in [3.8, 4) is 5.69 Å². The van der Waals surface area contributed by atoms with Crippen molar-refractivity contribution in [1.82, 2.24) is 30.0 Å². The van der Waals surface area contributed by atoms with Crippen LogP contribution in [0.2, 0.25) is 5.02 Å². The number of nitrogens with zero attached hydrogens (tertiary/aromatic N) is 5. The van der Waals surface area contributed by atoms with E-state index in [0.29, 0.717) is 15.6 Å². The summed E-state index contributed by atoms with van der Waals surface area (Å²) in [5, 5.41) is 27.6. The molecule has 0 saturated carbocycles. The van der Waals surface area contributed by atoms with E-state index < -0.39 is 36.1 Å². The molecule has 1 aromatic carbocycles. The normalized spacial score (nSPS) is 15.1. The Balaban J connectivity index is 1.47. The van der Waals surface area contributed by atoms with Crippen LogP contribution in [-0.2, 0) is 16.1 Å². The van der Waals surface area contributed by atoms with Gasteiger partial charge in [-0.2, -0.15) is 13.2 Å². The highest BCUT2D eigenvalue weighted by Gasteiger charge is 2.42. The number of carbonyl (C=O) groups is 2. The second-order valence-electron chi connectivity index (χ2n) is 9.17. The lowest BCUT2D eigenvalue weighted by atomic mass is 9.87. The highest BCUT2D eigenvalue weighted by Crippen LogP contribution is 2.29. The highest BCUT2D eigenvalue weighted by molar-refractivity contribution is 6.30. The van der Waals surface area contributed by atoms with Crippen LogP contribution in [0.4, 0.5) is 23.8 Å². The van der Waals surface area contributed by atoms with Gasteiger partial charge in [-0.1, -0.05) is 11.6 Å². The van der Waals surface area contributed by atoms with Gasteiger partial charge in [0.15, 0.2) is 17.7 Å². The first kappa shape index (κ1) is 28.9. The van der Waals surface area contributed by atoms with Gasteiger partial charge >= 0.3 is 12.2 Å². The first-order valence-electron chi connectivity index (χ1n) is 11.8. The zero-order valence-corrected chi connectivity index (χ0v) is 21.7. The van der Waals surface area contributed by atoms with Crippen LogP contribution in [0.15, 0.2) is 48.9 Å². The minimum atomic E-state index is -5.01. The Bertz CT molecular complexity index is 1400. The molecule has 40 heavy (non-hydrogen) atoms. The van der Waals surface area contributed by atoms with Crippen LogP contribution in [-0.4, -0.2) is 79.6 Å². The predicted molar refractivity (Wildman–Crippen MR) is 136 cm³/mol. The zero-order chi connectivity index (χ0) is 29.1. The van der Waals surface area contributed by atoms with E-state index in [4.69, 9.17) is 21.7 Å². The van der Waals surface area contributed by atoms with Crippen LogP contribution in [0.3, 0.4) is 0 Å². The molecule has 3 amide bonds. The van der Waals surface area contributed by atoms with E-state index in [1.165, 1.54) is 41.5 Å². The molecule has 4 rings (SSSR count). The predicted octanol–water partition coefficient (Wildman–Crippen LogP) is 2.75. The molecule has 0 aliphatic carbocycles. The van der Waals surface area contributed by atoms with Gasteiger partial charge in [0, 0.05) is 16.8 Å². The number of nitrogens with one attached hydrogen (secondary N) is 3. The van der Waals surface area contributed by atoms with E-state index in [2.05, 4.69) is 25.7 Å². The van der Waals surface area contributed by atoms with Crippen molar-refractivity contribution in [2.24, 2.45) is 5.41 Å². The van der Waals surface area contributed by atoms with Crippen LogP contribution in [0.25, 0.3) is 5.69 Å². The van der Waals surface area contributed by atoms with Crippen LogP contribution in [0, 0.1) is 10.8 Å². The summed E-state index contributed by atoms with van der Waals surface area (Å²) in [6, 6.07) is 7.70. The van der Waals surface area contributed by atoms with Gasteiger partial charge in [-0.15, -0.1) is 5.10 Å². The molecule has 0 bridgehead atoms. The van der Waals surface area contributed by atoms with Gasteiger partial charge in [0.05, 0.1) is 31.7 Å². The van der Waals surface area contributed by atoms with E-state index in [0.717, 1.165) is 0 Å². The number of hydrogen-bond acceptors (Lipinski definition) is 8. The summed E-state index contributed by atoms with van der Waals surface area (Å²) in [4.78, 5) is 34.2. The molecule has 4 N–H and O–H groups in total. The van der Waals surface area contributed by atoms with Crippen molar-refractivity contribution in [3.05, 3.63) is 65.3 Å². The molecule has 16 heteroatoms. The molecule has 1 fully saturated rings. The highest BCUT2D eigenvalue weighted by atomic mass is 35.5. The number of halogens is 4. The Kier molecular flexibility index (Phi) is 8.37. The molecular formula is C24H24ClF3N8O4. The van der Waals surface area contributed by atoms with Gasteiger partial charge in [0.1, 0.15) is 17.9 Å². The quantitative estimate of drug-likeness (QED) is 0.235. The third-order valence-corrected chi connectivity index (χ3v) is 6.21. The lowest BCUT2D eigenvalue weighted by Crippen LogP contribution is -2.50. The average molecular weight is 581 g/mol. The summed E-state index contributed by atoms with van der Waals surface area (Å²) in [6.45, 7) is 0.771. The van der Waals surface area contributed by atoms with Crippen molar-refractivity contribution in [2.45, 2.75) is 25.7 Å². The summed E-state index contributed by atoms with van der Waals surface area (Å²) in [6.07, 6.45) is -5.12. The summed E-state index contributed by atoms with van der Waals surface area (Å²) < 4.78 is 45.6. The summed E-state index contributed by atoms with van der Waals surface area (Å²) in [7, 11) is 0. The van der Waals surface area contributed by atoms with Gasteiger partial charge in [0.2, 0.25) is 5.91 Å². The van der Waals surface area contributed by atoms with Gasteiger partial charge in [0.25, 0.3) is 0 Å². The fourth-order valence-electron chi connectivity index (χ4n) is 3.54. The van der Waals surface area contributed by atoms with Crippen molar-refractivity contribution in [3.63, 3.8) is 0 Å². The monoisotopic (exact) mass is 580 g/mol. The number of benzene rings is 1. The molecule has 1 saturated heterocycles. The molecule has 0 radical (unpaired) electrons. The SMILES string of the molecule is CC1(C(=O)Nc2ncccc2-n2cnc(CNC(=O)N(C[C@H](O)C(F)(F)F)C(=N)c3ccc(Cl)cc3)n2)COC1. The van der Waals surface area contributed by atoms with E-state index in [1.807, 2.05) is 0 Å². The maximum Gasteiger partial charge on any atom is 0.416 e. The van der Waals surface area contributed by atoms with Crippen molar-refractivity contribution < 1.29 is 32.6 Å². The minimum Gasteiger partial charge on any atom is -0.382 e. The summed E-state index contributed by atoms with van der Waals surface area (Å²) in [5.41, 5.74) is -0.202. The molecule has 0 unspecified atom stereocenters. The molecule has 3 heterocycles. The number of aliphatic hydroxyl groups excluding tert-OH is 1. The maximum atomic E-state index is 13.1. The lowest BCUT2D eigenvalue weighted by Gasteiger charge is -2.36. The number of amidine groups is 1. The number of pyridine rings is 1. The van der Waals surface area contributed by atoms with Gasteiger partial charge in [-0.3, -0.25) is 15.1 Å². The number of amides is 3. The Morgan fingerprint density at radius 1 is 1.25 bits per heavy atom. The fraction of sp³-hybridized carbons (Fsp3) is 0.333. The van der Waals surface area contributed by atoms with Gasteiger partial charge < -0.3 is 20.5 Å². The van der Waals surface area contributed by atoms with Crippen LogP contribution < -0.4 is 10.6 Å². The topological polar surface area (TPSA) is 158 Å². The van der Waals surface area contributed by atoms with Gasteiger partial charge in [-0.05, 0) is 43.3 Å². The third-order valence-electron chi connectivity index (χ3n) is 5.96. The third kappa shape index (κ3) is 6.55. The van der Waals surface area contributed by atoms with Gasteiger partial charge in [-0.25, -0.2) is 19.4 Å². The number of hydrogen-bond donors (Lipinski definition) is 4. The number of carbonyl (C=O) groups excluding carboxylic acids is 2. The standard InChI is InChI=1S/C24H24ClF3N8O4/c1-23(11-40-12-23)21(38)33-20-16(3-2-8-30-20)36-13-32-18(34-36)9-31-22(39)35(10-17(37)24(26,27)28)19(29)14-4-6-15(25)7-5-14/h2-8,13,17,29,37H,9-12H2,1H3,(H,31,39)(H,30,33,38)/t17-/m0/s1. The molecule has 1 atom stereocenters. The Hall–Kier alpha value is -4.08. The number of aromatic nitrogens is 4. The molecule has 0 spiro atoms. The second kappa shape index (κ2) is 11.6. The second-order valence-corrected chi connectivity index (χ2v) is 9.60. The van der Waals surface area contributed by atoms with E-state index >= 15 is 0 Å². The fourth-order valence-corrected chi connectivity index (χ4v) is 3.66. The summed E-state index contributed by atoms with van der Waals surface area (Å²) in [5.74, 6) is -0.583. The molecule has 2 aromatic heterocycles. The molecule has 12 nitrogen and oxygen atoms in total. The number of ether oxygens (including phenoxy) is 1. The Morgan fingerprint density at radius 3 is 2.58 bits per heavy atom. The number of anilines is 1. The van der Waals surface area contributed by atoms with E-state index in [1.54, 1.807) is 19.1 Å². The summed E-state index contributed by atoms with van der Waals surface area (Å²) >= 11 is 5.83. The van der Waals surface area contributed by atoms with Crippen molar-refractivity contribution in [2.75, 3.05) is 25.1 Å². The number of rotatable bonds is 8. The van der Waals surface area contributed by atoms with Crippen molar-refractivity contribution in [1.29, 1.82) is 5.41 Å². The van der Waals surface area contributed by atoms with Crippen LogP contribution >= 0.6 is 11.6 Å². The first-order chi connectivity index (χ1) is 18.9. The Labute approximate surface area is 230 Å². The number of alkyl halides is 3. The molecule has 1 aliphatic heterocycles. The average Bonchev–Trinajstić information content (AvgIpc) is 3.37. The molecule has 3 aromatic rings. The van der Waals surface area contributed by atoms with Crippen LogP contribution in [0.1, 0.15) is 18.3 Å². The zero-order valence-electron chi connectivity index (χ0n) is 20.9. The largest absolute Gasteiger partial charge is 0.416 e. The molecular weight excluding hydrogens is 557 g/mol.